The summed E-state index contributed by atoms with van der Waals surface area (Å²) in [4.78, 5) is 72.4. The normalized spacial score (nSPS) is 19.9. The van der Waals surface area contributed by atoms with Crippen LogP contribution in [0.1, 0.15) is 142 Å². The first-order chi connectivity index (χ1) is 33.1. The number of benzene rings is 4. The SMILES string of the molecule is CONCON(c1ccc2c(c1)CCc1cc(C(N)=O)ccc1C2(C[C@@H](C)N)c1nc(=O)on1C)c1ccc2c(c1)CCc1cc(C(N)=O)ccc1C2(C[C@@H](C)N)c1nc(=O)on1C1CCCCC1. The van der Waals surface area contributed by atoms with E-state index in [-0.39, 0.29) is 24.9 Å². The fourth-order valence-electron chi connectivity index (χ4n) is 11.6. The van der Waals surface area contributed by atoms with Gasteiger partial charge in [0.25, 0.3) is 0 Å². The Kier molecular flexibility index (Phi) is 13.0. The third kappa shape index (κ3) is 8.60. The Morgan fingerprint density at radius 1 is 0.710 bits per heavy atom. The first-order valence-corrected chi connectivity index (χ1v) is 23.6. The molecule has 2 heterocycles. The molecular formula is C51H60N10O8. The van der Waals surface area contributed by atoms with Crippen LogP contribution in [0.5, 0.6) is 0 Å². The Morgan fingerprint density at radius 3 is 1.61 bits per heavy atom. The number of nitrogens with zero attached hydrogens (tertiary/aromatic N) is 5. The van der Waals surface area contributed by atoms with Crippen molar-refractivity contribution in [3.8, 4) is 0 Å². The smallest absolute Gasteiger partial charge is 0.366 e. The molecule has 3 aliphatic carbocycles. The number of nitrogens with one attached hydrogen (secondary N) is 1. The number of carbonyl (C=O) groups excluding carboxylic acids is 2. The van der Waals surface area contributed by atoms with Crippen LogP contribution >= 0.6 is 0 Å². The lowest BCUT2D eigenvalue weighted by atomic mass is 9.67. The predicted molar refractivity (Wildman–Crippen MR) is 257 cm³/mol. The van der Waals surface area contributed by atoms with Gasteiger partial charge in [0.15, 0.2) is 11.6 Å². The summed E-state index contributed by atoms with van der Waals surface area (Å²) in [5, 5.41) is 1.74. The van der Waals surface area contributed by atoms with E-state index in [0.29, 0.717) is 72.7 Å². The van der Waals surface area contributed by atoms with Gasteiger partial charge in [-0.3, -0.25) is 14.4 Å². The number of hydrogen-bond acceptors (Lipinski definition) is 14. The molecule has 3 aliphatic rings. The number of primary amides is 2. The summed E-state index contributed by atoms with van der Waals surface area (Å²) in [6.07, 6.45) is 7.63. The van der Waals surface area contributed by atoms with E-state index in [1.807, 2.05) is 56.3 Å². The highest BCUT2D eigenvalue weighted by molar-refractivity contribution is 5.93. The largest absolute Gasteiger partial charge is 0.459 e. The van der Waals surface area contributed by atoms with Crippen molar-refractivity contribution in [2.75, 3.05) is 18.9 Å². The number of carbonyl (C=O) groups is 2. The van der Waals surface area contributed by atoms with Crippen molar-refractivity contribution in [1.82, 2.24) is 24.9 Å². The van der Waals surface area contributed by atoms with E-state index in [9.17, 15) is 19.2 Å². The van der Waals surface area contributed by atoms with Crippen LogP contribution in [-0.2, 0) is 53.2 Å². The van der Waals surface area contributed by atoms with E-state index < -0.39 is 34.2 Å². The van der Waals surface area contributed by atoms with Crippen molar-refractivity contribution in [1.29, 1.82) is 0 Å². The second-order valence-corrected chi connectivity index (χ2v) is 18.9. The summed E-state index contributed by atoms with van der Waals surface area (Å²) < 4.78 is 14.7. The third-order valence-corrected chi connectivity index (χ3v) is 14.2. The Balaban J connectivity index is 1.24. The van der Waals surface area contributed by atoms with Crippen LogP contribution in [0, 0.1) is 0 Å². The molecule has 4 atom stereocenters. The molecule has 1 saturated carbocycles. The van der Waals surface area contributed by atoms with Crippen molar-refractivity contribution in [2.45, 2.75) is 113 Å². The lowest BCUT2D eigenvalue weighted by molar-refractivity contribution is -0.00713. The van der Waals surface area contributed by atoms with Gasteiger partial charge in [0.05, 0.1) is 35.4 Å². The number of amides is 2. The zero-order valence-corrected chi connectivity index (χ0v) is 39.5. The van der Waals surface area contributed by atoms with Gasteiger partial charge < -0.3 is 36.8 Å². The highest BCUT2D eigenvalue weighted by Gasteiger charge is 2.48. The lowest BCUT2D eigenvalue weighted by Gasteiger charge is -2.38. The molecule has 362 valence electrons. The van der Waals surface area contributed by atoms with E-state index in [4.69, 9.17) is 46.6 Å². The van der Waals surface area contributed by atoms with Crippen LogP contribution in [-0.4, -0.2) is 57.2 Å². The van der Waals surface area contributed by atoms with Gasteiger partial charge >= 0.3 is 11.5 Å². The zero-order chi connectivity index (χ0) is 48.8. The van der Waals surface area contributed by atoms with Crippen LogP contribution in [0.15, 0.2) is 91.4 Å². The molecule has 0 bridgehead atoms. The molecule has 69 heavy (non-hydrogen) atoms. The molecule has 2 amide bonds. The van der Waals surface area contributed by atoms with E-state index >= 15 is 0 Å². The van der Waals surface area contributed by atoms with Gasteiger partial charge in [-0.1, -0.05) is 43.5 Å². The zero-order valence-electron chi connectivity index (χ0n) is 39.5. The van der Waals surface area contributed by atoms with Gasteiger partial charge in [-0.15, -0.1) is 0 Å². The van der Waals surface area contributed by atoms with Crippen LogP contribution in [0.25, 0.3) is 0 Å². The number of aromatic nitrogens is 4. The summed E-state index contributed by atoms with van der Waals surface area (Å²) in [5.74, 6) is -1.68. The fourth-order valence-corrected chi connectivity index (χ4v) is 11.6. The number of nitrogens with two attached hydrogens (primary N) is 4. The molecule has 0 radical (unpaired) electrons. The molecule has 0 spiro atoms. The Morgan fingerprint density at radius 2 is 1.16 bits per heavy atom. The maximum atomic E-state index is 13.4. The minimum absolute atomic E-state index is 0.0375. The van der Waals surface area contributed by atoms with Crippen LogP contribution < -0.4 is 45.0 Å². The molecule has 18 nitrogen and oxygen atoms in total. The molecule has 0 aliphatic heterocycles. The van der Waals surface area contributed by atoms with E-state index in [2.05, 4.69) is 28.7 Å². The Labute approximate surface area is 398 Å². The summed E-state index contributed by atoms with van der Waals surface area (Å²) in [6.45, 7) is 3.81. The molecule has 9 rings (SSSR count). The van der Waals surface area contributed by atoms with E-state index in [1.54, 1.807) is 29.0 Å². The van der Waals surface area contributed by atoms with E-state index in [0.717, 1.165) is 76.6 Å². The number of fused-ring (bicyclic) bond motifs is 4. The summed E-state index contributed by atoms with van der Waals surface area (Å²) in [6, 6.07) is 22.2. The Bertz CT molecular complexity index is 3040. The van der Waals surface area contributed by atoms with Crippen LogP contribution in [0.2, 0.25) is 0 Å². The topological polar surface area (TPSA) is 268 Å². The van der Waals surface area contributed by atoms with Crippen molar-refractivity contribution in [3.05, 3.63) is 161 Å². The molecular weight excluding hydrogens is 881 g/mol. The number of rotatable bonds is 15. The maximum Gasteiger partial charge on any atom is 0.459 e. The minimum Gasteiger partial charge on any atom is -0.366 e. The summed E-state index contributed by atoms with van der Waals surface area (Å²) in [7, 11) is 3.15. The van der Waals surface area contributed by atoms with Crippen molar-refractivity contribution < 1.29 is 28.3 Å². The highest BCUT2D eigenvalue weighted by atomic mass is 16.7. The minimum atomic E-state index is -1.08. The molecule has 2 aromatic heterocycles. The molecule has 0 saturated heterocycles. The monoisotopic (exact) mass is 940 g/mol. The summed E-state index contributed by atoms with van der Waals surface area (Å²) in [5.41, 5.74) is 35.0. The summed E-state index contributed by atoms with van der Waals surface area (Å²) >= 11 is 0. The lowest BCUT2D eigenvalue weighted by Crippen LogP contribution is -2.40. The first kappa shape index (κ1) is 47.4. The number of aryl methyl sites for hydroxylation is 5. The van der Waals surface area contributed by atoms with E-state index in [1.165, 1.54) is 11.8 Å². The second kappa shape index (κ2) is 19.0. The van der Waals surface area contributed by atoms with Crippen LogP contribution in [0.4, 0.5) is 11.4 Å². The van der Waals surface area contributed by atoms with Crippen molar-refractivity contribution >= 4 is 23.2 Å². The van der Waals surface area contributed by atoms with Gasteiger partial charge in [-0.2, -0.15) is 24.9 Å². The molecule has 9 N–H and O–H groups in total. The maximum absolute atomic E-state index is 13.4. The third-order valence-electron chi connectivity index (χ3n) is 14.2. The van der Waals surface area contributed by atoms with Crippen LogP contribution in [0.3, 0.4) is 0 Å². The molecule has 2 unspecified atom stereocenters. The van der Waals surface area contributed by atoms with Gasteiger partial charge in [0.1, 0.15) is 6.73 Å². The fraction of sp³-hybridized carbons (Fsp3) is 0.412. The molecule has 4 aromatic carbocycles. The molecule has 18 heteroatoms. The predicted octanol–water partition coefficient (Wildman–Crippen LogP) is 4.74. The van der Waals surface area contributed by atoms with Crippen molar-refractivity contribution in [2.24, 2.45) is 30.0 Å². The highest BCUT2D eigenvalue weighted by Crippen LogP contribution is 2.51. The molecule has 1 fully saturated rings. The number of hydroxylamine groups is 1. The number of anilines is 2. The van der Waals surface area contributed by atoms with Gasteiger partial charge in [0, 0.05) is 30.3 Å². The molecule has 6 aromatic rings. The average molecular weight is 941 g/mol. The standard InChI is InChI=1S/C51H60N10O8/c1-29(52)26-50(46-57-48(64)68-59(46)3)40-18-14-35(44(54)62)22-31(40)10-12-33-24-38(16-20-42(33)50)60(67-28-56-66-4)39-17-21-43-34(25-39)13-11-32-23-36(45(55)63)15-19-41(32)51(43,27-30(2)53)47-58-49(65)69-61(47)37-8-6-5-7-9-37/h14-25,29-30,37,56H,5-13,26-28,52-53H2,1-4H3,(H2,54,62)(H2,55,63)/t29-,30-,50?,51?/m1/s1. The van der Waals surface area contributed by atoms with Gasteiger partial charge in [0.2, 0.25) is 11.8 Å². The second-order valence-electron chi connectivity index (χ2n) is 18.9. The van der Waals surface area contributed by atoms with Gasteiger partial charge in [-0.25, -0.2) is 14.7 Å². The quantitative estimate of drug-likeness (QED) is 0.0529. The number of hydrogen-bond donors (Lipinski definition) is 5. The van der Waals surface area contributed by atoms with Gasteiger partial charge in [-0.05, 0) is 158 Å². The van der Waals surface area contributed by atoms with Crippen molar-refractivity contribution in [3.63, 3.8) is 0 Å². The Hall–Kier alpha value is -6.70. The first-order valence-electron chi connectivity index (χ1n) is 23.6. The average Bonchev–Trinajstić information content (AvgIpc) is 3.82.